The van der Waals surface area contributed by atoms with Gasteiger partial charge in [-0.2, -0.15) is 0 Å². The molecule has 1 aromatic rings. The van der Waals surface area contributed by atoms with Gasteiger partial charge in [0, 0.05) is 43.3 Å². The van der Waals surface area contributed by atoms with E-state index in [-0.39, 0.29) is 49.1 Å². The molecule has 0 radical (unpaired) electrons. The topological polar surface area (TPSA) is 117 Å². The number of carbonyl (C=O) groups excluding carboxylic acids is 4. The number of hydrogen-bond acceptors (Lipinski definition) is 5. The minimum Gasteiger partial charge on any atom is -0.444 e. The van der Waals surface area contributed by atoms with Crippen LogP contribution in [0.4, 0.5) is 16.2 Å². The molecule has 1 fully saturated rings. The van der Waals surface area contributed by atoms with Crippen LogP contribution in [0.2, 0.25) is 0 Å². The number of carbonyl (C=O) groups is 4. The van der Waals surface area contributed by atoms with E-state index in [0.29, 0.717) is 17.9 Å². The first-order chi connectivity index (χ1) is 14.4. The Hall–Kier alpha value is -3.10. The van der Waals surface area contributed by atoms with E-state index in [9.17, 15) is 19.2 Å². The van der Waals surface area contributed by atoms with Crippen LogP contribution in [-0.4, -0.2) is 53.4 Å². The summed E-state index contributed by atoms with van der Waals surface area (Å²) in [6.07, 6.45) is -0.254. The number of benzene rings is 1. The van der Waals surface area contributed by atoms with Gasteiger partial charge in [-0.3, -0.25) is 14.4 Å². The first-order valence-corrected chi connectivity index (χ1v) is 10.4. The van der Waals surface area contributed by atoms with Gasteiger partial charge in [0.05, 0.1) is 5.92 Å². The molecule has 1 aliphatic rings. The summed E-state index contributed by atoms with van der Waals surface area (Å²) in [6, 6.07) is 6.80. The molecule has 1 saturated heterocycles. The van der Waals surface area contributed by atoms with Gasteiger partial charge in [0.1, 0.15) is 5.60 Å². The van der Waals surface area contributed by atoms with Gasteiger partial charge in [-0.05, 0) is 58.9 Å². The standard InChI is InChI=1S/C22H32N4O5/c1-14(2)26-13-15(12-19(26)28)20(29)25-17-8-6-16(7-9-17)24-18(27)10-11-23-21(30)31-22(3,4)5/h6-9,14-15H,10-13H2,1-5H3,(H,23,30)(H,24,27)(H,25,29). The Bertz CT molecular complexity index is 814. The zero-order valence-electron chi connectivity index (χ0n) is 18.8. The molecule has 9 heteroatoms. The number of alkyl carbamates (subject to hydrolysis) is 1. The van der Waals surface area contributed by atoms with Crippen molar-refractivity contribution < 1.29 is 23.9 Å². The quantitative estimate of drug-likeness (QED) is 0.612. The predicted molar refractivity (Wildman–Crippen MR) is 118 cm³/mol. The summed E-state index contributed by atoms with van der Waals surface area (Å²) < 4.78 is 5.11. The number of amides is 4. The summed E-state index contributed by atoms with van der Waals surface area (Å²) in [5.74, 6) is -0.825. The van der Waals surface area contributed by atoms with E-state index in [1.54, 1.807) is 49.9 Å². The zero-order valence-corrected chi connectivity index (χ0v) is 18.8. The van der Waals surface area contributed by atoms with Gasteiger partial charge in [0.15, 0.2) is 0 Å². The SMILES string of the molecule is CC(C)N1CC(C(=O)Nc2ccc(NC(=O)CCNC(=O)OC(C)(C)C)cc2)CC1=O. The van der Waals surface area contributed by atoms with E-state index in [4.69, 9.17) is 4.74 Å². The second kappa shape index (κ2) is 10.3. The maximum atomic E-state index is 12.4. The van der Waals surface area contributed by atoms with Crippen molar-refractivity contribution in [3.8, 4) is 0 Å². The average molecular weight is 433 g/mol. The van der Waals surface area contributed by atoms with E-state index in [1.807, 2.05) is 13.8 Å². The van der Waals surface area contributed by atoms with Crippen LogP contribution in [-0.2, 0) is 19.1 Å². The Labute approximate surface area is 182 Å². The van der Waals surface area contributed by atoms with Crippen LogP contribution in [0.1, 0.15) is 47.5 Å². The molecule has 1 heterocycles. The van der Waals surface area contributed by atoms with E-state index in [1.165, 1.54) is 0 Å². The first-order valence-electron chi connectivity index (χ1n) is 10.4. The van der Waals surface area contributed by atoms with Crippen molar-refractivity contribution >= 4 is 35.2 Å². The van der Waals surface area contributed by atoms with Crippen molar-refractivity contribution in [3.05, 3.63) is 24.3 Å². The normalized spacial score (nSPS) is 16.3. The van der Waals surface area contributed by atoms with Crippen molar-refractivity contribution in [2.24, 2.45) is 5.92 Å². The molecule has 0 saturated carbocycles. The van der Waals surface area contributed by atoms with Crippen LogP contribution in [0, 0.1) is 5.92 Å². The highest BCUT2D eigenvalue weighted by Gasteiger charge is 2.35. The van der Waals surface area contributed by atoms with E-state index >= 15 is 0 Å². The molecule has 0 aliphatic carbocycles. The van der Waals surface area contributed by atoms with Crippen LogP contribution in [0.15, 0.2) is 24.3 Å². The molecule has 0 aromatic heterocycles. The van der Waals surface area contributed by atoms with Crippen molar-refractivity contribution in [3.63, 3.8) is 0 Å². The Morgan fingerprint density at radius 2 is 1.68 bits per heavy atom. The summed E-state index contributed by atoms with van der Waals surface area (Å²) in [7, 11) is 0. The number of rotatable bonds is 7. The smallest absolute Gasteiger partial charge is 0.407 e. The zero-order chi connectivity index (χ0) is 23.2. The average Bonchev–Trinajstić information content (AvgIpc) is 3.04. The maximum Gasteiger partial charge on any atom is 0.407 e. The minimum absolute atomic E-state index is 0.00521. The molecule has 1 aromatic carbocycles. The van der Waals surface area contributed by atoms with Crippen molar-refractivity contribution in [2.75, 3.05) is 23.7 Å². The molecule has 2 rings (SSSR count). The number of nitrogens with zero attached hydrogens (tertiary/aromatic N) is 1. The summed E-state index contributed by atoms with van der Waals surface area (Å²) in [5, 5.41) is 8.08. The van der Waals surface area contributed by atoms with Gasteiger partial charge in [-0.15, -0.1) is 0 Å². The van der Waals surface area contributed by atoms with E-state index in [0.717, 1.165) is 0 Å². The van der Waals surface area contributed by atoms with Gasteiger partial charge in [-0.25, -0.2) is 4.79 Å². The number of nitrogens with one attached hydrogen (secondary N) is 3. The monoisotopic (exact) mass is 432 g/mol. The highest BCUT2D eigenvalue weighted by Crippen LogP contribution is 2.22. The molecule has 0 spiro atoms. The third-order valence-electron chi connectivity index (χ3n) is 4.61. The van der Waals surface area contributed by atoms with E-state index in [2.05, 4.69) is 16.0 Å². The third kappa shape index (κ3) is 7.92. The molecular weight excluding hydrogens is 400 g/mol. The first kappa shape index (κ1) is 24.2. The number of hydrogen-bond donors (Lipinski definition) is 3. The molecule has 1 aliphatic heterocycles. The number of anilines is 2. The highest BCUT2D eigenvalue weighted by atomic mass is 16.6. The second-order valence-corrected chi connectivity index (χ2v) is 8.83. The molecule has 9 nitrogen and oxygen atoms in total. The Morgan fingerprint density at radius 3 is 2.19 bits per heavy atom. The molecule has 170 valence electrons. The minimum atomic E-state index is -0.593. The van der Waals surface area contributed by atoms with Crippen LogP contribution >= 0.6 is 0 Å². The molecule has 4 amide bonds. The Morgan fingerprint density at radius 1 is 1.10 bits per heavy atom. The van der Waals surface area contributed by atoms with Gasteiger partial charge in [0.2, 0.25) is 17.7 Å². The fourth-order valence-electron chi connectivity index (χ4n) is 3.10. The van der Waals surface area contributed by atoms with Gasteiger partial charge < -0.3 is 25.6 Å². The summed E-state index contributed by atoms with van der Waals surface area (Å²) in [4.78, 5) is 49.7. The predicted octanol–water partition coefficient (Wildman–Crippen LogP) is 2.74. The van der Waals surface area contributed by atoms with Crippen LogP contribution in [0.25, 0.3) is 0 Å². The van der Waals surface area contributed by atoms with Gasteiger partial charge in [-0.1, -0.05) is 0 Å². The lowest BCUT2D eigenvalue weighted by atomic mass is 10.1. The van der Waals surface area contributed by atoms with E-state index < -0.39 is 11.7 Å². The molecule has 3 N–H and O–H groups in total. The second-order valence-electron chi connectivity index (χ2n) is 8.83. The molecular formula is C22H32N4O5. The van der Waals surface area contributed by atoms with Crippen molar-refractivity contribution in [1.29, 1.82) is 0 Å². The molecule has 1 unspecified atom stereocenters. The molecule has 31 heavy (non-hydrogen) atoms. The highest BCUT2D eigenvalue weighted by molar-refractivity contribution is 5.97. The van der Waals surface area contributed by atoms with Crippen LogP contribution in [0.3, 0.4) is 0 Å². The third-order valence-corrected chi connectivity index (χ3v) is 4.61. The number of likely N-dealkylation sites (tertiary alicyclic amines) is 1. The summed E-state index contributed by atoms with van der Waals surface area (Å²) >= 11 is 0. The van der Waals surface area contributed by atoms with Gasteiger partial charge in [0.25, 0.3) is 0 Å². The lowest BCUT2D eigenvalue weighted by Crippen LogP contribution is -2.34. The van der Waals surface area contributed by atoms with Crippen molar-refractivity contribution in [2.45, 2.75) is 59.1 Å². The van der Waals surface area contributed by atoms with Crippen LogP contribution < -0.4 is 16.0 Å². The number of ether oxygens (including phenoxy) is 1. The van der Waals surface area contributed by atoms with Gasteiger partial charge >= 0.3 is 6.09 Å². The molecule has 0 bridgehead atoms. The fourth-order valence-corrected chi connectivity index (χ4v) is 3.10. The lowest BCUT2D eigenvalue weighted by Gasteiger charge is -2.20. The fraction of sp³-hybridized carbons (Fsp3) is 0.545. The Kier molecular flexibility index (Phi) is 8.01. The molecule has 1 atom stereocenters. The van der Waals surface area contributed by atoms with Crippen molar-refractivity contribution in [1.82, 2.24) is 10.2 Å². The lowest BCUT2D eigenvalue weighted by molar-refractivity contribution is -0.129. The summed E-state index contributed by atoms with van der Waals surface area (Å²) in [5.41, 5.74) is 0.567. The largest absolute Gasteiger partial charge is 0.444 e. The van der Waals surface area contributed by atoms with Crippen LogP contribution in [0.5, 0.6) is 0 Å². The maximum absolute atomic E-state index is 12.4. The Balaban J connectivity index is 1.76. The summed E-state index contributed by atoms with van der Waals surface area (Å²) in [6.45, 7) is 9.73.